The number of hydrogen-bond donors (Lipinski definition) is 1. The summed E-state index contributed by atoms with van der Waals surface area (Å²) >= 11 is 0. The van der Waals surface area contributed by atoms with Crippen LogP contribution in [0.1, 0.15) is 59.7 Å². The van der Waals surface area contributed by atoms with Gasteiger partial charge < -0.3 is 5.32 Å². The third-order valence-electron chi connectivity index (χ3n) is 4.51. The van der Waals surface area contributed by atoms with E-state index in [1.54, 1.807) is 0 Å². The second-order valence-electron chi connectivity index (χ2n) is 7.84. The molecule has 21 heavy (non-hydrogen) atoms. The zero-order chi connectivity index (χ0) is 15.3. The van der Waals surface area contributed by atoms with Gasteiger partial charge in [-0.05, 0) is 30.4 Å². The first-order chi connectivity index (χ1) is 9.77. The predicted molar refractivity (Wildman–Crippen MR) is 84.5 cm³/mol. The Morgan fingerprint density at radius 1 is 1.24 bits per heavy atom. The lowest BCUT2D eigenvalue weighted by Gasteiger charge is -2.28. The Balaban J connectivity index is 1.94. The first kappa shape index (κ1) is 14.3. The minimum absolute atomic E-state index is 0.0718. The second kappa shape index (κ2) is 4.68. The van der Waals surface area contributed by atoms with Crippen molar-refractivity contribution in [2.45, 2.75) is 65.3 Å². The van der Waals surface area contributed by atoms with Crippen LogP contribution >= 0.6 is 0 Å². The van der Waals surface area contributed by atoms with Crippen molar-refractivity contribution in [3.63, 3.8) is 0 Å². The van der Waals surface area contributed by atoms with Gasteiger partial charge in [0.25, 0.3) is 0 Å². The van der Waals surface area contributed by atoms with Crippen LogP contribution < -0.4 is 5.32 Å². The van der Waals surface area contributed by atoms with Crippen molar-refractivity contribution in [2.24, 2.45) is 5.41 Å². The monoisotopic (exact) mass is 287 g/mol. The summed E-state index contributed by atoms with van der Waals surface area (Å²) in [5.74, 6) is 1.81. The number of rotatable bonds is 2. The number of anilines is 1. The zero-order valence-electron chi connectivity index (χ0n) is 13.6. The lowest BCUT2D eigenvalue weighted by molar-refractivity contribution is 0.349. The predicted octanol–water partition coefficient (Wildman–Crippen LogP) is 3.41. The van der Waals surface area contributed by atoms with E-state index in [4.69, 9.17) is 5.10 Å². The average molecular weight is 287 g/mol. The zero-order valence-corrected chi connectivity index (χ0v) is 13.6. The molecule has 0 radical (unpaired) electrons. The molecular weight excluding hydrogens is 262 g/mol. The molecule has 0 aromatic carbocycles. The van der Waals surface area contributed by atoms with Crippen molar-refractivity contribution in [1.82, 2.24) is 19.8 Å². The van der Waals surface area contributed by atoms with E-state index in [-0.39, 0.29) is 5.41 Å². The van der Waals surface area contributed by atoms with Crippen molar-refractivity contribution in [3.05, 3.63) is 18.0 Å². The van der Waals surface area contributed by atoms with Crippen LogP contribution in [0.15, 0.2) is 12.1 Å². The Bertz CT molecular complexity index is 650. The van der Waals surface area contributed by atoms with Crippen LogP contribution in [-0.2, 0) is 5.41 Å². The van der Waals surface area contributed by atoms with E-state index in [1.165, 1.54) is 19.3 Å². The summed E-state index contributed by atoms with van der Waals surface area (Å²) < 4.78 is 1.87. The van der Waals surface area contributed by atoms with Crippen LogP contribution in [0.2, 0.25) is 0 Å². The highest BCUT2D eigenvalue weighted by Crippen LogP contribution is 2.38. The number of fused-ring (bicyclic) bond motifs is 1. The number of nitrogens with zero attached hydrogens (tertiary/aromatic N) is 4. The molecule has 2 aromatic heterocycles. The van der Waals surface area contributed by atoms with E-state index in [2.05, 4.69) is 50.1 Å². The SMILES string of the molecule is CC(C)(C)c1nnc2ccc(NC3CCCC3(C)C)nn12. The fraction of sp³-hybridized carbons (Fsp3) is 0.688. The first-order valence-corrected chi connectivity index (χ1v) is 7.77. The molecule has 1 aliphatic carbocycles. The molecule has 0 saturated heterocycles. The highest BCUT2D eigenvalue weighted by atomic mass is 15.4. The van der Waals surface area contributed by atoms with Crippen LogP contribution in [0, 0.1) is 5.41 Å². The van der Waals surface area contributed by atoms with Crippen molar-refractivity contribution < 1.29 is 0 Å². The van der Waals surface area contributed by atoms with Gasteiger partial charge in [-0.2, -0.15) is 4.52 Å². The summed E-state index contributed by atoms with van der Waals surface area (Å²) in [6, 6.07) is 4.47. The smallest absolute Gasteiger partial charge is 0.178 e. The van der Waals surface area contributed by atoms with Crippen LogP contribution in [0.3, 0.4) is 0 Å². The standard InChI is InChI=1S/C16H25N5/c1-15(2,3)14-19-18-13-9-8-12(20-21(13)14)17-11-7-6-10-16(11,4)5/h8-9,11H,6-7,10H2,1-5H3,(H,17,20). The second-order valence-corrected chi connectivity index (χ2v) is 7.84. The van der Waals surface area contributed by atoms with Crippen molar-refractivity contribution in [3.8, 4) is 0 Å². The van der Waals surface area contributed by atoms with Crippen molar-refractivity contribution in [2.75, 3.05) is 5.32 Å². The molecule has 114 valence electrons. The number of aromatic nitrogens is 4. The number of nitrogens with one attached hydrogen (secondary N) is 1. The van der Waals surface area contributed by atoms with Gasteiger partial charge in [0.2, 0.25) is 0 Å². The van der Waals surface area contributed by atoms with E-state index in [0.29, 0.717) is 11.5 Å². The summed E-state index contributed by atoms with van der Waals surface area (Å²) in [6.45, 7) is 11.0. The Morgan fingerprint density at radius 2 is 2.00 bits per heavy atom. The minimum atomic E-state index is -0.0718. The lowest BCUT2D eigenvalue weighted by Crippen LogP contribution is -2.31. The molecule has 1 saturated carbocycles. The summed E-state index contributed by atoms with van der Waals surface area (Å²) in [7, 11) is 0. The molecule has 0 aliphatic heterocycles. The summed E-state index contributed by atoms with van der Waals surface area (Å²) in [5.41, 5.74) is 1.06. The maximum Gasteiger partial charge on any atom is 0.178 e. The van der Waals surface area contributed by atoms with Crippen LogP contribution in [0.4, 0.5) is 5.82 Å². The summed E-state index contributed by atoms with van der Waals surface area (Å²) in [5, 5.41) is 16.8. The van der Waals surface area contributed by atoms with E-state index < -0.39 is 0 Å². The molecule has 0 amide bonds. The maximum absolute atomic E-state index is 4.71. The maximum atomic E-state index is 4.71. The van der Waals surface area contributed by atoms with Gasteiger partial charge in [-0.25, -0.2) is 0 Å². The fourth-order valence-electron chi connectivity index (χ4n) is 3.11. The van der Waals surface area contributed by atoms with Crippen LogP contribution in [-0.4, -0.2) is 25.9 Å². The molecule has 5 heteroatoms. The topological polar surface area (TPSA) is 55.1 Å². The van der Waals surface area contributed by atoms with Gasteiger partial charge in [-0.15, -0.1) is 15.3 Å². The fourth-order valence-corrected chi connectivity index (χ4v) is 3.11. The normalized spacial score (nSPS) is 21.9. The largest absolute Gasteiger partial charge is 0.365 e. The highest BCUT2D eigenvalue weighted by Gasteiger charge is 2.34. The van der Waals surface area contributed by atoms with E-state index in [0.717, 1.165) is 17.3 Å². The van der Waals surface area contributed by atoms with Crippen molar-refractivity contribution in [1.29, 1.82) is 0 Å². The van der Waals surface area contributed by atoms with Gasteiger partial charge in [0, 0.05) is 11.5 Å². The molecular formula is C16H25N5. The minimum Gasteiger partial charge on any atom is -0.365 e. The highest BCUT2D eigenvalue weighted by molar-refractivity contribution is 5.45. The molecule has 0 spiro atoms. The quantitative estimate of drug-likeness (QED) is 0.919. The third-order valence-corrected chi connectivity index (χ3v) is 4.51. The molecule has 2 aromatic rings. The third kappa shape index (κ3) is 2.61. The van der Waals surface area contributed by atoms with E-state index >= 15 is 0 Å². The lowest BCUT2D eigenvalue weighted by atomic mass is 9.87. The first-order valence-electron chi connectivity index (χ1n) is 7.77. The molecule has 1 unspecified atom stereocenters. The summed E-state index contributed by atoms with van der Waals surface area (Å²) in [6.07, 6.45) is 3.76. The Morgan fingerprint density at radius 3 is 2.62 bits per heavy atom. The van der Waals surface area contributed by atoms with Crippen LogP contribution in [0.25, 0.3) is 5.65 Å². The molecule has 1 atom stereocenters. The Hall–Kier alpha value is -1.65. The molecule has 3 rings (SSSR count). The molecule has 2 heterocycles. The van der Waals surface area contributed by atoms with Gasteiger partial charge in [0.1, 0.15) is 5.82 Å². The van der Waals surface area contributed by atoms with Gasteiger partial charge in [-0.1, -0.05) is 41.0 Å². The van der Waals surface area contributed by atoms with Crippen LogP contribution in [0.5, 0.6) is 0 Å². The molecule has 0 bridgehead atoms. The summed E-state index contributed by atoms with van der Waals surface area (Å²) in [4.78, 5) is 0. The molecule has 5 nitrogen and oxygen atoms in total. The molecule has 1 N–H and O–H groups in total. The van der Waals surface area contributed by atoms with Gasteiger partial charge in [-0.3, -0.25) is 0 Å². The van der Waals surface area contributed by atoms with Gasteiger partial charge in [0.05, 0.1) is 0 Å². The van der Waals surface area contributed by atoms with E-state index in [1.807, 2.05) is 16.6 Å². The van der Waals surface area contributed by atoms with E-state index in [9.17, 15) is 0 Å². The Kier molecular flexibility index (Phi) is 3.19. The van der Waals surface area contributed by atoms with Crippen molar-refractivity contribution >= 4 is 11.5 Å². The number of hydrogen-bond acceptors (Lipinski definition) is 4. The molecule has 1 fully saturated rings. The molecule has 1 aliphatic rings. The van der Waals surface area contributed by atoms with Gasteiger partial charge in [0.15, 0.2) is 11.5 Å². The Labute approximate surface area is 126 Å². The van der Waals surface area contributed by atoms with Gasteiger partial charge >= 0.3 is 0 Å². The average Bonchev–Trinajstić information content (AvgIpc) is 2.92.